The van der Waals surface area contributed by atoms with Crippen LogP contribution in [0.5, 0.6) is 0 Å². The molecule has 1 aromatic carbocycles. The van der Waals surface area contributed by atoms with Gasteiger partial charge in [0.2, 0.25) is 5.91 Å². The summed E-state index contributed by atoms with van der Waals surface area (Å²) in [4.78, 5) is 27.3. The number of halogens is 3. The van der Waals surface area contributed by atoms with Crippen LogP contribution in [-0.4, -0.2) is 60.0 Å². The number of carbonyl (C=O) groups excluding carboxylic acids is 1. The number of pyridine rings is 1. The van der Waals surface area contributed by atoms with Gasteiger partial charge in [-0.15, -0.1) is 0 Å². The lowest BCUT2D eigenvalue weighted by Crippen LogP contribution is -2.58. The molecule has 0 bridgehead atoms. The Morgan fingerprint density at radius 2 is 1.74 bits per heavy atom. The van der Waals surface area contributed by atoms with Gasteiger partial charge in [0.05, 0.1) is 21.7 Å². The summed E-state index contributed by atoms with van der Waals surface area (Å²) in [6.45, 7) is 3.52. The number of fused-ring (bicyclic) bond motifs is 1. The first kappa shape index (κ1) is 20.0. The maximum Gasteiger partial charge on any atom is 0.417 e. The summed E-state index contributed by atoms with van der Waals surface area (Å²) >= 11 is 1.64. The highest BCUT2D eigenvalue weighted by molar-refractivity contribution is 7.22. The summed E-state index contributed by atoms with van der Waals surface area (Å²) in [5, 5.41) is 0.948. The van der Waals surface area contributed by atoms with E-state index in [9.17, 15) is 18.0 Å². The van der Waals surface area contributed by atoms with Crippen molar-refractivity contribution in [2.45, 2.75) is 6.18 Å². The fourth-order valence-corrected chi connectivity index (χ4v) is 4.92. The van der Waals surface area contributed by atoms with E-state index in [1.807, 2.05) is 34.1 Å². The van der Waals surface area contributed by atoms with Gasteiger partial charge in [-0.1, -0.05) is 23.5 Å². The molecule has 1 amide bonds. The first-order chi connectivity index (χ1) is 14.9. The molecule has 2 fully saturated rings. The van der Waals surface area contributed by atoms with E-state index in [4.69, 9.17) is 0 Å². The molecule has 10 heteroatoms. The molecule has 3 aromatic rings. The number of carbonyl (C=O) groups is 1. The Balaban J connectivity index is 1.14. The molecule has 2 aliphatic rings. The molecule has 0 saturated carbocycles. The third-order valence-corrected chi connectivity index (χ3v) is 6.87. The lowest BCUT2D eigenvalue weighted by molar-refractivity contribution is -0.138. The summed E-state index contributed by atoms with van der Waals surface area (Å²) in [5.74, 6) is 0.603. The summed E-state index contributed by atoms with van der Waals surface area (Å²) in [6.07, 6.45) is -3.53. The molecule has 0 unspecified atom stereocenters. The number of anilines is 2. The number of nitrogens with zero attached hydrogens (tertiary/aromatic N) is 5. The van der Waals surface area contributed by atoms with E-state index < -0.39 is 11.7 Å². The van der Waals surface area contributed by atoms with Gasteiger partial charge in [-0.05, 0) is 24.3 Å². The van der Waals surface area contributed by atoms with Gasteiger partial charge in [-0.3, -0.25) is 4.79 Å². The van der Waals surface area contributed by atoms with E-state index in [1.54, 1.807) is 11.3 Å². The highest BCUT2D eigenvalue weighted by atomic mass is 32.1. The Morgan fingerprint density at radius 3 is 2.39 bits per heavy atom. The number of hydrogen-bond acceptors (Lipinski definition) is 6. The highest BCUT2D eigenvalue weighted by Gasteiger charge is 2.38. The van der Waals surface area contributed by atoms with Crippen LogP contribution in [0, 0.1) is 5.92 Å². The van der Waals surface area contributed by atoms with Crippen LogP contribution >= 0.6 is 11.3 Å². The number of benzene rings is 1. The SMILES string of the molecule is O=C(C1CN(c2nc3ccccc3s2)C1)N1CCN(c2ccc(C(F)(F)F)cn2)CC1. The summed E-state index contributed by atoms with van der Waals surface area (Å²) in [7, 11) is 0. The zero-order valence-corrected chi connectivity index (χ0v) is 17.4. The van der Waals surface area contributed by atoms with Crippen molar-refractivity contribution in [1.82, 2.24) is 14.9 Å². The molecular formula is C21H20F3N5OS. The van der Waals surface area contributed by atoms with Crippen LogP contribution in [0.25, 0.3) is 10.2 Å². The maximum absolute atomic E-state index is 12.9. The van der Waals surface area contributed by atoms with E-state index in [0.717, 1.165) is 27.6 Å². The van der Waals surface area contributed by atoms with E-state index in [2.05, 4.69) is 14.9 Å². The van der Waals surface area contributed by atoms with Crippen LogP contribution in [0.2, 0.25) is 0 Å². The fraction of sp³-hybridized carbons (Fsp3) is 0.381. The predicted octanol–water partition coefficient (Wildman–Crippen LogP) is 3.50. The number of aromatic nitrogens is 2. The van der Waals surface area contributed by atoms with Gasteiger partial charge in [0.25, 0.3) is 0 Å². The topological polar surface area (TPSA) is 52.6 Å². The molecule has 0 N–H and O–H groups in total. The first-order valence-corrected chi connectivity index (χ1v) is 10.9. The van der Waals surface area contributed by atoms with Gasteiger partial charge < -0.3 is 14.7 Å². The highest BCUT2D eigenvalue weighted by Crippen LogP contribution is 2.33. The quantitative estimate of drug-likeness (QED) is 0.615. The van der Waals surface area contributed by atoms with Crippen molar-refractivity contribution in [3.63, 3.8) is 0 Å². The Kier molecular flexibility index (Phi) is 4.96. The number of thiazole rings is 1. The smallest absolute Gasteiger partial charge is 0.353 e. The number of alkyl halides is 3. The number of rotatable bonds is 3. The van der Waals surface area contributed by atoms with Crippen LogP contribution < -0.4 is 9.80 Å². The number of hydrogen-bond donors (Lipinski definition) is 0. The van der Waals surface area contributed by atoms with Crippen molar-refractivity contribution in [3.8, 4) is 0 Å². The molecule has 0 aliphatic carbocycles. The Bertz CT molecular complexity index is 1050. The first-order valence-electron chi connectivity index (χ1n) is 10.1. The predicted molar refractivity (Wildman–Crippen MR) is 113 cm³/mol. The van der Waals surface area contributed by atoms with Gasteiger partial charge in [-0.2, -0.15) is 13.2 Å². The van der Waals surface area contributed by atoms with Crippen molar-refractivity contribution in [2.24, 2.45) is 5.92 Å². The van der Waals surface area contributed by atoms with Crippen molar-refractivity contribution in [3.05, 3.63) is 48.2 Å². The van der Waals surface area contributed by atoms with Crippen molar-refractivity contribution in [1.29, 1.82) is 0 Å². The fourth-order valence-electron chi connectivity index (χ4n) is 3.94. The second-order valence-electron chi connectivity index (χ2n) is 7.78. The van der Waals surface area contributed by atoms with E-state index >= 15 is 0 Å². The summed E-state index contributed by atoms with van der Waals surface area (Å²) in [6, 6.07) is 10.4. The van der Waals surface area contributed by atoms with Gasteiger partial charge in [0.1, 0.15) is 5.82 Å². The molecule has 2 aromatic heterocycles. The molecular weight excluding hydrogens is 427 g/mol. The molecule has 5 rings (SSSR count). The van der Waals surface area contributed by atoms with Crippen molar-refractivity contribution in [2.75, 3.05) is 49.1 Å². The summed E-state index contributed by atoms with van der Waals surface area (Å²) < 4.78 is 39.2. The minimum atomic E-state index is -4.39. The van der Waals surface area contributed by atoms with Crippen LogP contribution in [0.15, 0.2) is 42.6 Å². The monoisotopic (exact) mass is 447 g/mol. The van der Waals surface area contributed by atoms with Gasteiger partial charge in [0.15, 0.2) is 5.13 Å². The normalized spacial score (nSPS) is 17.8. The van der Waals surface area contributed by atoms with Crippen LogP contribution in [0.3, 0.4) is 0 Å². The number of amides is 1. The molecule has 31 heavy (non-hydrogen) atoms. The largest absolute Gasteiger partial charge is 0.417 e. The maximum atomic E-state index is 12.9. The zero-order chi connectivity index (χ0) is 21.6. The van der Waals surface area contributed by atoms with Crippen molar-refractivity contribution >= 4 is 38.4 Å². The van der Waals surface area contributed by atoms with E-state index in [-0.39, 0.29) is 11.8 Å². The Morgan fingerprint density at radius 1 is 1.00 bits per heavy atom. The standard InChI is InChI=1S/C21H20F3N5OS/c22-21(23,24)15-5-6-18(25-11-15)27-7-9-28(10-8-27)19(30)14-12-29(13-14)20-26-16-3-1-2-4-17(16)31-20/h1-6,11,14H,7-10,12-13H2. The number of piperazine rings is 1. The number of para-hydroxylation sites is 1. The van der Waals surface area contributed by atoms with Gasteiger partial charge in [0, 0.05) is 45.5 Å². The second-order valence-corrected chi connectivity index (χ2v) is 8.79. The Labute approximate surface area is 180 Å². The summed E-state index contributed by atoms with van der Waals surface area (Å²) in [5.41, 5.74) is 0.220. The van der Waals surface area contributed by atoms with Crippen LogP contribution in [0.4, 0.5) is 24.1 Å². The molecule has 2 aliphatic heterocycles. The molecule has 2 saturated heterocycles. The van der Waals surface area contributed by atoms with Gasteiger partial charge in [-0.25, -0.2) is 9.97 Å². The third-order valence-electron chi connectivity index (χ3n) is 5.77. The molecule has 0 spiro atoms. The molecule has 4 heterocycles. The Hall–Kier alpha value is -2.88. The lowest BCUT2D eigenvalue weighted by Gasteiger charge is -2.42. The van der Waals surface area contributed by atoms with E-state index in [0.29, 0.717) is 45.1 Å². The minimum absolute atomic E-state index is 0.0391. The minimum Gasteiger partial charge on any atom is -0.353 e. The van der Waals surface area contributed by atoms with Crippen molar-refractivity contribution < 1.29 is 18.0 Å². The van der Waals surface area contributed by atoms with Crippen LogP contribution in [-0.2, 0) is 11.0 Å². The molecule has 0 radical (unpaired) electrons. The molecule has 162 valence electrons. The average Bonchev–Trinajstić information content (AvgIpc) is 3.16. The molecule has 0 atom stereocenters. The van der Waals surface area contributed by atoms with Gasteiger partial charge >= 0.3 is 6.18 Å². The molecule has 6 nitrogen and oxygen atoms in total. The third kappa shape index (κ3) is 3.91. The van der Waals surface area contributed by atoms with E-state index in [1.165, 1.54) is 6.07 Å². The lowest BCUT2D eigenvalue weighted by atomic mass is 9.99. The van der Waals surface area contributed by atoms with Crippen LogP contribution in [0.1, 0.15) is 5.56 Å². The average molecular weight is 447 g/mol. The second kappa shape index (κ2) is 7.67. The zero-order valence-electron chi connectivity index (χ0n) is 16.5.